The first kappa shape index (κ1) is 19.1. The van der Waals surface area contributed by atoms with E-state index < -0.39 is 0 Å². The van der Waals surface area contributed by atoms with Crippen LogP contribution in [-0.4, -0.2) is 36.3 Å². The lowest BCUT2D eigenvalue weighted by Crippen LogP contribution is -2.30. The number of aryl methyl sites for hydroxylation is 2. The lowest BCUT2D eigenvalue weighted by Gasteiger charge is -2.18. The van der Waals surface area contributed by atoms with E-state index in [2.05, 4.69) is 42.7 Å². The Morgan fingerprint density at radius 3 is 2.59 bits per heavy atom. The van der Waals surface area contributed by atoms with Gasteiger partial charge in [-0.25, -0.2) is 0 Å². The van der Waals surface area contributed by atoms with Crippen molar-refractivity contribution in [2.24, 2.45) is 0 Å². The van der Waals surface area contributed by atoms with Crippen LogP contribution >= 0.6 is 0 Å². The van der Waals surface area contributed by atoms with E-state index in [1.807, 2.05) is 11.9 Å². The lowest BCUT2D eigenvalue weighted by molar-refractivity contribution is -0.117. The number of nitrogens with zero attached hydrogens (tertiary/aromatic N) is 1. The van der Waals surface area contributed by atoms with Crippen LogP contribution in [0.1, 0.15) is 39.9 Å². The molecule has 1 fully saturated rings. The Kier molecular flexibility index (Phi) is 5.91. The molecule has 0 radical (unpaired) electrons. The Morgan fingerprint density at radius 1 is 1.11 bits per heavy atom. The number of hydrogen-bond donors (Lipinski definition) is 2. The van der Waals surface area contributed by atoms with Crippen molar-refractivity contribution < 1.29 is 9.59 Å². The van der Waals surface area contributed by atoms with Gasteiger partial charge in [0, 0.05) is 23.8 Å². The second-order valence-electron chi connectivity index (χ2n) is 7.48. The monoisotopic (exact) mass is 365 g/mol. The molecule has 2 aromatic carbocycles. The van der Waals surface area contributed by atoms with Gasteiger partial charge in [0.2, 0.25) is 5.91 Å². The smallest absolute Gasteiger partial charge is 0.251 e. The van der Waals surface area contributed by atoms with Gasteiger partial charge in [-0.2, -0.15) is 0 Å². The van der Waals surface area contributed by atoms with Gasteiger partial charge < -0.3 is 10.6 Å². The van der Waals surface area contributed by atoms with Crippen LogP contribution < -0.4 is 10.6 Å². The Hall–Kier alpha value is -2.66. The van der Waals surface area contributed by atoms with Crippen molar-refractivity contribution >= 4 is 17.5 Å². The fourth-order valence-corrected chi connectivity index (χ4v) is 3.05. The van der Waals surface area contributed by atoms with Gasteiger partial charge in [0.25, 0.3) is 5.91 Å². The van der Waals surface area contributed by atoms with Crippen LogP contribution in [0.5, 0.6) is 0 Å². The van der Waals surface area contributed by atoms with Gasteiger partial charge in [0.15, 0.2) is 0 Å². The summed E-state index contributed by atoms with van der Waals surface area (Å²) in [4.78, 5) is 26.5. The molecule has 0 aromatic heterocycles. The highest BCUT2D eigenvalue weighted by molar-refractivity contribution is 5.97. The minimum absolute atomic E-state index is 0.0828. The van der Waals surface area contributed by atoms with Gasteiger partial charge in [0.1, 0.15) is 0 Å². The number of anilines is 1. The summed E-state index contributed by atoms with van der Waals surface area (Å²) in [7, 11) is 1.93. The van der Waals surface area contributed by atoms with Gasteiger partial charge in [-0.3, -0.25) is 14.5 Å². The fourth-order valence-electron chi connectivity index (χ4n) is 3.05. The predicted octanol–water partition coefficient (Wildman–Crippen LogP) is 3.27. The molecule has 27 heavy (non-hydrogen) atoms. The van der Waals surface area contributed by atoms with Crippen molar-refractivity contribution in [1.82, 2.24) is 10.2 Å². The molecule has 0 saturated heterocycles. The van der Waals surface area contributed by atoms with Crippen molar-refractivity contribution in [3.8, 4) is 0 Å². The third kappa shape index (κ3) is 5.66. The molecule has 0 atom stereocenters. The van der Waals surface area contributed by atoms with Crippen molar-refractivity contribution in [2.75, 3.05) is 18.9 Å². The first-order valence-electron chi connectivity index (χ1n) is 9.36. The highest BCUT2D eigenvalue weighted by Crippen LogP contribution is 2.20. The van der Waals surface area contributed by atoms with E-state index >= 15 is 0 Å². The molecular weight excluding hydrogens is 338 g/mol. The van der Waals surface area contributed by atoms with E-state index in [-0.39, 0.29) is 18.4 Å². The average Bonchev–Trinajstić information content (AvgIpc) is 3.41. The van der Waals surface area contributed by atoms with Crippen molar-refractivity contribution in [1.29, 1.82) is 0 Å². The predicted molar refractivity (Wildman–Crippen MR) is 108 cm³/mol. The van der Waals surface area contributed by atoms with Crippen LogP contribution in [0, 0.1) is 13.8 Å². The summed E-state index contributed by atoms with van der Waals surface area (Å²) < 4.78 is 0. The molecule has 0 bridgehead atoms. The van der Waals surface area contributed by atoms with E-state index in [4.69, 9.17) is 0 Å². The van der Waals surface area contributed by atoms with Crippen LogP contribution in [0.4, 0.5) is 5.69 Å². The minimum Gasteiger partial charge on any atom is -0.349 e. The van der Waals surface area contributed by atoms with Crippen molar-refractivity contribution in [2.45, 2.75) is 39.3 Å². The molecule has 1 saturated carbocycles. The van der Waals surface area contributed by atoms with E-state index in [0.29, 0.717) is 23.8 Å². The normalized spacial score (nSPS) is 13.5. The quantitative estimate of drug-likeness (QED) is 0.792. The topological polar surface area (TPSA) is 61.4 Å². The van der Waals surface area contributed by atoms with E-state index in [0.717, 1.165) is 12.8 Å². The largest absolute Gasteiger partial charge is 0.349 e. The van der Waals surface area contributed by atoms with Gasteiger partial charge in [-0.15, -0.1) is 0 Å². The summed E-state index contributed by atoms with van der Waals surface area (Å²) >= 11 is 0. The zero-order valence-electron chi connectivity index (χ0n) is 16.2. The zero-order valence-corrected chi connectivity index (χ0v) is 16.2. The summed E-state index contributed by atoms with van der Waals surface area (Å²) in [6, 6.07) is 13.7. The van der Waals surface area contributed by atoms with Crippen LogP contribution in [0.25, 0.3) is 0 Å². The number of amides is 2. The van der Waals surface area contributed by atoms with Gasteiger partial charge in [-0.1, -0.05) is 29.8 Å². The van der Waals surface area contributed by atoms with E-state index in [1.165, 1.54) is 16.7 Å². The molecule has 2 aromatic rings. The molecule has 2 N–H and O–H groups in total. The first-order chi connectivity index (χ1) is 12.9. The van der Waals surface area contributed by atoms with Gasteiger partial charge in [-0.05, 0) is 63.1 Å². The van der Waals surface area contributed by atoms with Crippen LogP contribution in [0.2, 0.25) is 0 Å². The number of rotatable bonds is 7. The SMILES string of the molecule is Cc1ccc(CN(C)CC(=O)Nc2cccc(C(=O)NC3CC3)c2)c(C)c1. The molecule has 0 unspecified atom stereocenters. The Morgan fingerprint density at radius 2 is 1.89 bits per heavy atom. The minimum atomic E-state index is -0.0954. The first-order valence-corrected chi connectivity index (χ1v) is 9.36. The Bertz CT molecular complexity index is 843. The van der Waals surface area contributed by atoms with Crippen molar-refractivity contribution in [3.05, 3.63) is 64.7 Å². The zero-order chi connectivity index (χ0) is 19.4. The highest BCUT2D eigenvalue weighted by Gasteiger charge is 2.23. The Balaban J connectivity index is 1.54. The second-order valence-corrected chi connectivity index (χ2v) is 7.48. The average molecular weight is 365 g/mol. The maximum absolute atomic E-state index is 12.4. The molecule has 1 aliphatic carbocycles. The third-order valence-electron chi connectivity index (χ3n) is 4.67. The number of likely N-dealkylation sites (N-methyl/N-ethyl adjacent to an activating group) is 1. The molecule has 5 nitrogen and oxygen atoms in total. The lowest BCUT2D eigenvalue weighted by atomic mass is 10.1. The second kappa shape index (κ2) is 8.35. The van der Waals surface area contributed by atoms with Crippen LogP contribution in [0.15, 0.2) is 42.5 Å². The summed E-state index contributed by atoms with van der Waals surface area (Å²) in [6.07, 6.45) is 2.10. The molecule has 3 rings (SSSR count). The fraction of sp³-hybridized carbons (Fsp3) is 0.364. The van der Waals surface area contributed by atoms with E-state index in [1.54, 1.807) is 24.3 Å². The molecule has 0 aliphatic heterocycles. The third-order valence-corrected chi connectivity index (χ3v) is 4.67. The van der Waals surface area contributed by atoms with Gasteiger partial charge in [0.05, 0.1) is 6.54 Å². The van der Waals surface area contributed by atoms with E-state index in [9.17, 15) is 9.59 Å². The standard InChI is InChI=1S/C22H27N3O2/c1-15-7-8-18(16(2)11-15)13-25(3)14-21(26)23-20-6-4-5-17(12-20)22(27)24-19-9-10-19/h4-8,11-12,19H,9-10,13-14H2,1-3H3,(H,23,26)(H,24,27). The molecule has 0 spiro atoms. The Labute approximate surface area is 160 Å². The van der Waals surface area contributed by atoms with Crippen LogP contribution in [0.3, 0.4) is 0 Å². The molecule has 0 heterocycles. The molecule has 5 heteroatoms. The molecule has 1 aliphatic rings. The number of nitrogens with one attached hydrogen (secondary N) is 2. The summed E-state index contributed by atoms with van der Waals surface area (Å²) in [5.74, 6) is -0.178. The molecule has 142 valence electrons. The maximum atomic E-state index is 12.4. The van der Waals surface area contributed by atoms with Crippen LogP contribution in [-0.2, 0) is 11.3 Å². The molecular formula is C22H27N3O2. The summed E-state index contributed by atoms with van der Waals surface area (Å²) in [5, 5.41) is 5.85. The molecule has 2 amide bonds. The number of carbonyl (C=O) groups excluding carboxylic acids is 2. The number of carbonyl (C=O) groups is 2. The number of benzene rings is 2. The summed E-state index contributed by atoms with van der Waals surface area (Å²) in [5.41, 5.74) is 4.90. The van der Waals surface area contributed by atoms with Crippen molar-refractivity contribution in [3.63, 3.8) is 0 Å². The number of hydrogen-bond acceptors (Lipinski definition) is 3. The summed E-state index contributed by atoms with van der Waals surface area (Å²) in [6.45, 7) is 5.16. The maximum Gasteiger partial charge on any atom is 0.251 e. The highest BCUT2D eigenvalue weighted by atomic mass is 16.2. The van der Waals surface area contributed by atoms with Gasteiger partial charge >= 0.3 is 0 Å².